The lowest BCUT2D eigenvalue weighted by Crippen LogP contribution is -2.25. The first-order valence-electron chi connectivity index (χ1n) is 6.57. The van der Waals surface area contributed by atoms with E-state index in [4.69, 9.17) is 4.74 Å². The molecule has 0 aliphatic heterocycles. The van der Waals surface area contributed by atoms with Crippen molar-refractivity contribution in [1.82, 2.24) is 4.72 Å². The molecular formula is C14H23NO3S. The Balaban J connectivity index is 2.90. The van der Waals surface area contributed by atoms with E-state index in [2.05, 4.69) is 11.6 Å². The van der Waals surface area contributed by atoms with Gasteiger partial charge in [0.1, 0.15) is 5.75 Å². The van der Waals surface area contributed by atoms with Crippen LogP contribution in [0.2, 0.25) is 0 Å². The zero-order valence-corrected chi connectivity index (χ0v) is 12.9. The molecule has 1 aromatic carbocycles. The van der Waals surface area contributed by atoms with Crippen molar-refractivity contribution in [2.45, 2.75) is 44.9 Å². The van der Waals surface area contributed by atoms with Crippen LogP contribution in [-0.2, 0) is 10.0 Å². The fourth-order valence-electron chi connectivity index (χ4n) is 2.05. The van der Waals surface area contributed by atoms with E-state index < -0.39 is 10.0 Å². The van der Waals surface area contributed by atoms with Crippen LogP contribution in [0.15, 0.2) is 17.0 Å². The Hall–Kier alpha value is -1.07. The Bertz CT molecular complexity index is 500. The predicted octanol–water partition coefficient (Wildman–Crippen LogP) is 2.78. The third kappa shape index (κ3) is 4.21. The van der Waals surface area contributed by atoms with E-state index in [1.807, 2.05) is 13.8 Å². The standard InChI is InChI=1S/C14H23NO3S/c1-5-6-7-8-15-19(16,17)13-9-11(2)14(18-4)12(3)10-13/h9-10,15H,5-8H2,1-4H3. The van der Waals surface area contributed by atoms with Crippen LogP contribution in [0.25, 0.3) is 0 Å². The molecule has 1 aromatic rings. The lowest BCUT2D eigenvalue weighted by Gasteiger charge is -2.12. The quantitative estimate of drug-likeness (QED) is 0.784. The van der Waals surface area contributed by atoms with Gasteiger partial charge < -0.3 is 4.74 Å². The fraction of sp³-hybridized carbons (Fsp3) is 0.571. The number of ether oxygens (including phenoxy) is 1. The minimum absolute atomic E-state index is 0.305. The summed E-state index contributed by atoms with van der Waals surface area (Å²) in [6.07, 6.45) is 2.97. The second kappa shape index (κ2) is 6.91. The summed E-state index contributed by atoms with van der Waals surface area (Å²) in [5.74, 6) is 0.741. The van der Waals surface area contributed by atoms with E-state index in [1.165, 1.54) is 0 Å². The molecule has 0 atom stereocenters. The van der Waals surface area contributed by atoms with Crippen molar-refractivity contribution in [3.8, 4) is 5.75 Å². The number of sulfonamides is 1. The van der Waals surface area contributed by atoms with Gasteiger partial charge >= 0.3 is 0 Å². The van der Waals surface area contributed by atoms with E-state index in [1.54, 1.807) is 19.2 Å². The molecule has 0 bridgehead atoms. The second-order valence-electron chi connectivity index (χ2n) is 4.70. The summed E-state index contributed by atoms with van der Waals surface area (Å²) in [7, 11) is -1.83. The topological polar surface area (TPSA) is 55.4 Å². The first-order chi connectivity index (χ1) is 8.92. The first kappa shape index (κ1) is 16.0. The molecule has 0 heterocycles. The van der Waals surface area contributed by atoms with Gasteiger partial charge in [-0.1, -0.05) is 19.8 Å². The van der Waals surface area contributed by atoms with E-state index in [0.29, 0.717) is 11.4 Å². The number of rotatable bonds is 7. The third-order valence-electron chi connectivity index (χ3n) is 3.02. The van der Waals surface area contributed by atoms with Crippen molar-refractivity contribution in [3.05, 3.63) is 23.3 Å². The Morgan fingerprint density at radius 1 is 1.16 bits per heavy atom. The molecule has 0 unspecified atom stereocenters. The van der Waals surface area contributed by atoms with Crippen molar-refractivity contribution in [2.24, 2.45) is 0 Å². The molecule has 0 saturated carbocycles. The molecule has 5 heteroatoms. The lowest BCUT2D eigenvalue weighted by atomic mass is 10.1. The summed E-state index contributed by atoms with van der Waals surface area (Å²) in [6.45, 7) is 6.27. The highest BCUT2D eigenvalue weighted by Gasteiger charge is 2.16. The average Bonchev–Trinajstić information content (AvgIpc) is 2.34. The van der Waals surface area contributed by atoms with Crippen LogP contribution in [0.5, 0.6) is 5.75 Å². The van der Waals surface area contributed by atoms with E-state index in [0.717, 1.165) is 36.1 Å². The zero-order valence-electron chi connectivity index (χ0n) is 12.1. The molecule has 4 nitrogen and oxygen atoms in total. The van der Waals surface area contributed by atoms with Crippen LogP contribution in [0.3, 0.4) is 0 Å². The molecule has 0 amide bonds. The maximum absolute atomic E-state index is 12.1. The van der Waals surface area contributed by atoms with Gasteiger partial charge in [-0.05, 0) is 43.5 Å². The molecule has 1 N–H and O–H groups in total. The lowest BCUT2D eigenvalue weighted by molar-refractivity contribution is 0.408. The minimum atomic E-state index is -3.42. The van der Waals surface area contributed by atoms with Crippen molar-refractivity contribution in [3.63, 3.8) is 0 Å². The Morgan fingerprint density at radius 2 is 1.74 bits per heavy atom. The van der Waals surface area contributed by atoms with Gasteiger partial charge in [0.05, 0.1) is 12.0 Å². The van der Waals surface area contributed by atoms with Gasteiger partial charge in [0.15, 0.2) is 0 Å². The van der Waals surface area contributed by atoms with Gasteiger partial charge in [-0.15, -0.1) is 0 Å². The van der Waals surface area contributed by atoms with Gasteiger partial charge in [-0.3, -0.25) is 0 Å². The molecule has 19 heavy (non-hydrogen) atoms. The van der Waals surface area contributed by atoms with Crippen LogP contribution >= 0.6 is 0 Å². The predicted molar refractivity (Wildman–Crippen MR) is 77.2 cm³/mol. The van der Waals surface area contributed by atoms with E-state index >= 15 is 0 Å². The van der Waals surface area contributed by atoms with Crippen LogP contribution < -0.4 is 9.46 Å². The number of hydrogen-bond donors (Lipinski definition) is 1. The van der Waals surface area contributed by atoms with Gasteiger partial charge in [-0.25, -0.2) is 13.1 Å². The van der Waals surface area contributed by atoms with Gasteiger partial charge in [-0.2, -0.15) is 0 Å². The number of aryl methyl sites for hydroxylation is 2. The minimum Gasteiger partial charge on any atom is -0.496 e. The molecule has 0 saturated heterocycles. The highest BCUT2D eigenvalue weighted by Crippen LogP contribution is 2.26. The van der Waals surface area contributed by atoms with Crippen LogP contribution in [0, 0.1) is 13.8 Å². The molecule has 0 aliphatic rings. The molecule has 108 valence electrons. The van der Waals surface area contributed by atoms with Crippen molar-refractivity contribution in [1.29, 1.82) is 0 Å². The van der Waals surface area contributed by atoms with Crippen molar-refractivity contribution < 1.29 is 13.2 Å². The third-order valence-corrected chi connectivity index (χ3v) is 4.46. The van der Waals surface area contributed by atoms with E-state index in [9.17, 15) is 8.42 Å². The van der Waals surface area contributed by atoms with E-state index in [-0.39, 0.29) is 0 Å². The number of unbranched alkanes of at least 4 members (excludes halogenated alkanes) is 2. The average molecular weight is 285 g/mol. The Kier molecular flexibility index (Phi) is 5.82. The van der Waals surface area contributed by atoms with Crippen LogP contribution in [-0.4, -0.2) is 22.1 Å². The monoisotopic (exact) mass is 285 g/mol. The highest BCUT2D eigenvalue weighted by atomic mass is 32.2. The number of hydrogen-bond acceptors (Lipinski definition) is 3. The van der Waals surface area contributed by atoms with Crippen LogP contribution in [0.1, 0.15) is 37.3 Å². The van der Waals surface area contributed by atoms with Gasteiger partial charge in [0.2, 0.25) is 10.0 Å². The summed E-state index contributed by atoms with van der Waals surface area (Å²) in [4.78, 5) is 0.305. The fourth-order valence-corrected chi connectivity index (χ4v) is 3.30. The zero-order chi connectivity index (χ0) is 14.5. The highest BCUT2D eigenvalue weighted by molar-refractivity contribution is 7.89. The molecule has 0 aromatic heterocycles. The summed E-state index contributed by atoms with van der Waals surface area (Å²) in [6, 6.07) is 3.29. The molecule has 1 rings (SSSR count). The Morgan fingerprint density at radius 3 is 2.21 bits per heavy atom. The molecule has 0 radical (unpaired) electrons. The molecular weight excluding hydrogens is 262 g/mol. The number of benzene rings is 1. The molecule has 0 aliphatic carbocycles. The smallest absolute Gasteiger partial charge is 0.240 e. The summed E-state index contributed by atoms with van der Waals surface area (Å²) >= 11 is 0. The van der Waals surface area contributed by atoms with Crippen LogP contribution in [0.4, 0.5) is 0 Å². The maximum Gasteiger partial charge on any atom is 0.240 e. The summed E-state index contributed by atoms with van der Waals surface area (Å²) in [5.41, 5.74) is 1.66. The van der Waals surface area contributed by atoms with Gasteiger partial charge in [0.25, 0.3) is 0 Å². The summed E-state index contributed by atoms with van der Waals surface area (Å²) in [5, 5.41) is 0. The Labute approximate surface area is 116 Å². The van der Waals surface area contributed by atoms with Gasteiger partial charge in [0, 0.05) is 6.54 Å². The summed E-state index contributed by atoms with van der Waals surface area (Å²) < 4.78 is 32.2. The second-order valence-corrected chi connectivity index (χ2v) is 6.46. The number of nitrogens with one attached hydrogen (secondary N) is 1. The van der Waals surface area contributed by atoms with Crippen molar-refractivity contribution >= 4 is 10.0 Å². The number of methoxy groups -OCH3 is 1. The normalized spacial score (nSPS) is 11.6. The molecule has 0 spiro atoms. The molecule has 0 fully saturated rings. The largest absolute Gasteiger partial charge is 0.496 e. The van der Waals surface area contributed by atoms with Crippen molar-refractivity contribution in [2.75, 3.05) is 13.7 Å². The first-order valence-corrected chi connectivity index (χ1v) is 8.05. The SMILES string of the molecule is CCCCCNS(=O)(=O)c1cc(C)c(OC)c(C)c1. The maximum atomic E-state index is 12.1.